The average molecular weight is 382 g/mol. The van der Waals surface area contributed by atoms with Crippen molar-refractivity contribution in [3.63, 3.8) is 0 Å². The SMILES string of the molecule is CCCCCC[n+]1ccn(-c2ccc(/C=C\c3cccc4ccccc34)cc2)c1. The van der Waals surface area contributed by atoms with Crippen LogP contribution in [0.5, 0.6) is 0 Å². The molecule has 0 amide bonds. The number of aryl methyl sites for hydroxylation is 1. The maximum absolute atomic E-state index is 2.28. The lowest BCUT2D eigenvalue weighted by atomic mass is 10.0. The van der Waals surface area contributed by atoms with Crippen LogP contribution >= 0.6 is 0 Å². The molecule has 29 heavy (non-hydrogen) atoms. The summed E-state index contributed by atoms with van der Waals surface area (Å²) in [5.74, 6) is 0. The molecule has 4 aromatic rings. The Balaban J connectivity index is 1.44. The number of rotatable bonds is 8. The zero-order chi connectivity index (χ0) is 19.9. The highest BCUT2D eigenvalue weighted by Crippen LogP contribution is 2.21. The molecule has 146 valence electrons. The van der Waals surface area contributed by atoms with Crippen LogP contribution in [0.2, 0.25) is 0 Å². The van der Waals surface area contributed by atoms with E-state index < -0.39 is 0 Å². The number of fused-ring (bicyclic) bond motifs is 1. The molecule has 0 unspecified atom stereocenters. The van der Waals surface area contributed by atoms with Gasteiger partial charge in [-0.25, -0.2) is 9.13 Å². The molecule has 1 aromatic heterocycles. The molecule has 0 bridgehead atoms. The van der Waals surface area contributed by atoms with E-state index in [4.69, 9.17) is 0 Å². The fourth-order valence-electron chi connectivity index (χ4n) is 3.74. The first-order valence-corrected chi connectivity index (χ1v) is 10.7. The molecule has 0 radical (unpaired) electrons. The lowest BCUT2D eigenvalue weighted by Gasteiger charge is -2.02. The molecule has 3 aromatic carbocycles. The van der Waals surface area contributed by atoms with Crippen molar-refractivity contribution in [1.29, 1.82) is 0 Å². The van der Waals surface area contributed by atoms with Crippen LogP contribution in [0.15, 0.2) is 85.5 Å². The van der Waals surface area contributed by atoms with Crippen molar-refractivity contribution in [3.05, 3.63) is 96.6 Å². The lowest BCUT2D eigenvalue weighted by Crippen LogP contribution is -2.30. The minimum atomic E-state index is 1.10. The van der Waals surface area contributed by atoms with Crippen LogP contribution in [-0.4, -0.2) is 4.57 Å². The van der Waals surface area contributed by atoms with Gasteiger partial charge in [0.1, 0.15) is 18.1 Å². The summed E-state index contributed by atoms with van der Waals surface area (Å²) < 4.78 is 4.47. The molecule has 0 aliphatic carbocycles. The summed E-state index contributed by atoms with van der Waals surface area (Å²) in [6.45, 7) is 3.35. The van der Waals surface area contributed by atoms with Crippen molar-refractivity contribution in [2.24, 2.45) is 0 Å². The van der Waals surface area contributed by atoms with Gasteiger partial charge < -0.3 is 0 Å². The van der Waals surface area contributed by atoms with Crippen LogP contribution < -0.4 is 4.57 Å². The van der Waals surface area contributed by atoms with E-state index in [0.717, 1.165) is 6.54 Å². The Bertz CT molecular complexity index is 1080. The highest BCUT2D eigenvalue weighted by molar-refractivity contribution is 5.92. The molecule has 0 N–H and O–H groups in total. The van der Waals surface area contributed by atoms with E-state index in [0.29, 0.717) is 0 Å². The Labute approximate surface area is 173 Å². The van der Waals surface area contributed by atoms with Crippen LogP contribution in [-0.2, 0) is 6.54 Å². The minimum Gasteiger partial charge on any atom is -0.236 e. The van der Waals surface area contributed by atoms with Crippen LogP contribution in [0.1, 0.15) is 43.7 Å². The molecule has 0 aliphatic rings. The predicted octanol–water partition coefficient (Wildman–Crippen LogP) is 6.67. The zero-order valence-electron chi connectivity index (χ0n) is 17.2. The van der Waals surface area contributed by atoms with Crippen molar-refractivity contribution in [2.75, 3.05) is 0 Å². The fourth-order valence-corrected chi connectivity index (χ4v) is 3.74. The van der Waals surface area contributed by atoms with E-state index in [1.165, 1.54) is 53.3 Å². The summed E-state index contributed by atoms with van der Waals surface area (Å²) in [6.07, 6.45) is 16.1. The van der Waals surface area contributed by atoms with Gasteiger partial charge in [-0.1, -0.05) is 86.5 Å². The standard InChI is InChI=1S/C27H29N2/c1-2-3-4-7-19-28-20-21-29(22-28)26-17-14-23(15-18-26)13-16-25-11-8-10-24-9-5-6-12-27(24)25/h5-6,8-18,20-22H,2-4,7,19H2,1H3/q+1/b16-13-. The van der Waals surface area contributed by atoms with Gasteiger partial charge in [0.2, 0.25) is 6.33 Å². The van der Waals surface area contributed by atoms with Crippen LogP contribution in [0.25, 0.3) is 28.6 Å². The summed E-state index contributed by atoms with van der Waals surface area (Å²) in [4.78, 5) is 0. The molecule has 1 heterocycles. The molecule has 0 saturated carbocycles. The summed E-state index contributed by atoms with van der Waals surface area (Å²) >= 11 is 0. The second kappa shape index (κ2) is 9.38. The molecule has 0 saturated heterocycles. The van der Waals surface area contributed by atoms with Gasteiger partial charge in [-0.15, -0.1) is 0 Å². The van der Waals surface area contributed by atoms with E-state index >= 15 is 0 Å². The number of unbranched alkanes of at least 4 members (excludes halogenated alkanes) is 3. The number of imidazole rings is 1. The maximum atomic E-state index is 2.28. The van der Waals surface area contributed by atoms with Gasteiger partial charge in [0.25, 0.3) is 0 Å². The van der Waals surface area contributed by atoms with Crippen molar-refractivity contribution >= 4 is 22.9 Å². The highest BCUT2D eigenvalue weighted by atomic mass is 15.1. The topological polar surface area (TPSA) is 8.81 Å². The molecule has 4 rings (SSSR count). The van der Waals surface area contributed by atoms with E-state index in [2.05, 4.69) is 114 Å². The van der Waals surface area contributed by atoms with Gasteiger partial charge in [-0.3, -0.25) is 0 Å². The molecule has 0 aliphatic heterocycles. The van der Waals surface area contributed by atoms with Crippen LogP contribution in [0.3, 0.4) is 0 Å². The van der Waals surface area contributed by atoms with Gasteiger partial charge in [-0.05, 0) is 46.9 Å². The maximum Gasteiger partial charge on any atom is 0.248 e. The third kappa shape index (κ3) is 4.83. The summed E-state index contributed by atoms with van der Waals surface area (Å²) in [5.41, 5.74) is 3.66. The summed E-state index contributed by atoms with van der Waals surface area (Å²) in [5, 5.41) is 2.57. The first-order chi connectivity index (χ1) is 14.3. The molecule has 0 spiro atoms. The quantitative estimate of drug-likeness (QED) is 0.183. The number of hydrogen-bond donors (Lipinski definition) is 0. The second-order valence-corrected chi connectivity index (χ2v) is 7.61. The van der Waals surface area contributed by atoms with Gasteiger partial charge in [0.15, 0.2) is 0 Å². The molecule has 0 fully saturated rings. The van der Waals surface area contributed by atoms with E-state index in [1.807, 2.05) is 0 Å². The number of hydrogen-bond acceptors (Lipinski definition) is 0. The predicted molar refractivity (Wildman–Crippen MR) is 123 cm³/mol. The zero-order valence-corrected chi connectivity index (χ0v) is 17.2. The van der Waals surface area contributed by atoms with Crippen molar-refractivity contribution < 1.29 is 4.57 Å². The van der Waals surface area contributed by atoms with Crippen molar-refractivity contribution in [1.82, 2.24) is 4.57 Å². The Morgan fingerprint density at radius 3 is 2.52 bits per heavy atom. The van der Waals surface area contributed by atoms with Crippen molar-refractivity contribution in [2.45, 2.75) is 39.2 Å². The average Bonchev–Trinajstić information content (AvgIpc) is 3.24. The molecule has 0 atom stereocenters. The first kappa shape index (κ1) is 19.2. The number of benzene rings is 3. The monoisotopic (exact) mass is 381 g/mol. The van der Waals surface area contributed by atoms with Crippen LogP contribution in [0.4, 0.5) is 0 Å². The van der Waals surface area contributed by atoms with Gasteiger partial charge in [0.05, 0.1) is 6.54 Å². The molecule has 2 nitrogen and oxygen atoms in total. The normalized spacial score (nSPS) is 11.5. The minimum absolute atomic E-state index is 1.10. The third-order valence-electron chi connectivity index (χ3n) is 5.43. The van der Waals surface area contributed by atoms with Gasteiger partial charge in [-0.2, -0.15) is 0 Å². The number of aromatic nitrogens is 2. The Hall–Kier alpha value is -3.13. The summed E-state index contributed by atoms with van der Waals surface area (Å²) in [6, 6.07) is 23.7. The lowest BCUT2D eigenvalue weighted by molar-refractivity contribution is -0.696. The molecular formula is C27H29N2+. The smallest absolute Gasteiger partial charge is 0.236 e. The Morgan fingerprint density at radius 1 is 0.828 bits per heavy atom. The Kier molecular flexibility index (Phi) is 6.21. The van der Waals surface area contributed by atoms with Gasteiger partial charge >= 0.3 is 0 Å². The largest absolute Gasteiger partial charge is 0.248 e. The van der Waals surface area contributed by atoms with E-state index in [-0.39, 0.29) is 0 Å². The fraction of sp³-hybridized carbons (Fsp3) is 0.222. The van der Waals surface area contributed by atoms with E-state index in [9.17, 15) is 0 Å². The highest BCUT2D eigenvalue weighted by Gasteiger charge is 2.06. The van der Waals surface area contributed by atoms with Crippen LogP contribution in [0, 0.1) is 0 Å². The number of nitrogens with zero attached hydrogens (tertiary/aromatic N) is 2. The molecule has 2 heteroatoms. The molecular weight excluding hydrogens is 352 g/mol. The van der Waals surface area contributed by atoms with Crippen molar-refractivity contribution in [3.8, 4) is 5.69 Å². The van der Waals surface area contributed by atoms with Gasteiger partial charge in [0, 0.05) is 0 Å². The first-order valence-electron chi connectivity index (χ1n) is 10.7. The second-order valence-electron chi connectivity index (χ2n) is 7.61. The summed E-state index contributed by atoms with van der Waals surface area (Å²) in [7, 11) is 0. The Morgan fingerprint density at radius 2 is 1.66 bits per heavy atom. The van der Waals surface area contributed by atoms with E-state index in [1.54, 1.807) is 0 Å². The third-order valence-corrected chi connectivity index (χ3v) is 5.43.